The van der Waals surface area contributed by atoms with Gasteiger partial charge in [0.2, 0.25) is 5.95 Å². The van der Waals surface area contributed by atoms with Gasteiger partial charge in [-0.25, -0.2) is 0 Å². The van der Waals surface area contributed by atoms with Crippen molar-refractivity contribution in [2.75, 3.05) is 37.5 Å². The van der Waals surface area contributed by atoms with Gasteiger partial charge in [-0.1, -0.05) is 36.4 Å². The molecule has 0 atom stereocenters. The average molecular weight is 393 g/mol. The fraction of sp³-hybridized carbons (Fsp3) is 0.318. The Labute approximate surface area is 171 Å². The standard InChI is InChI=1S/C22H27N5O2/c1-4-27(16-18-8-6-5-7-9-18)22-25-21(15-24-26-22)23-13-12-17-10-11-19(28-2)20(14-17)29-3/h5-11,14-15H,4,12-13,16H2,1-3H3,(H,23,25,26). The zero-order chi connectivity index (χ0) is 20.5. The highest BCUT2D eigenvalue weighted by Crippen LogP contribution is 2.27. The van der Waals surface area contributed by atoms with Gasteiger partial charge in [0.15, 0.2) is 17.3 Å². The summed E-state index contributed by atoms with van der Waals surface area (Å²) in [5.41, 5.74) is 2.36. The molecule has 0 bridgehead atoms. The Hall–Kier alpha value is -3.35. The summed E-state index contributed by atoms with van der Waals surface area (Å²) in [5.74, 6) is 2.79. The summed E-state index contributed by atoms with van der Waals surface area (Å²) in [4.78, 5) is 6.73. The van der Waals surface area contributed by atoms with Gasteiger partial charge < -0.3 is 19.7 Å². The molecule has 0 unspecified atom stereocenters. The van der Waals surface area contributed by atoms with Crippen LogP contribution >= 0.6 is 0 Å². The van der Waals surface area contributed by atoms with E-state index in [1.165, 1.54) is 5.56 Å². The molecule has 3 aromatic rings. The number of rotatable bonds is 10. The summed E-state index contributed by atoms with van der Waals surface area (Å²) >= 11 is 0. The maximum atomic E-state index is 5.36. The van der Waals surface area contributed by atoms with Crippen LogP contribution in [-0.4, -0.2) is 42.5 Å². The van der Waals surface area contributed by atoms with Crippen molar-refractivity contribution in [2.45, 2.75) is 19.9 Å². The number of hydrogen-bond donors (Lipinski definition) is 1. The molecule has 0 aliphatic carbocycles. The van der Waals surface area contributed by atoms with E-state index < -0.39 is 0 Å². The van der Waals surface area contributed by atoms with Crippen molar-refractivity contribution in [1.82, 2.24) is 15.2 Å². The number of ether oxygens (including phenoxy) is 2. The van der Waals surface area contributed by atoms with Gasteiger partial charge in [0.1, 0.15) is 0 Å². The Balaban J connectivity index is 1.61. The van der Waals surface area contributed by atoms with Crippen LogP contribution in [0.4, 0.5) is 11.8 Å². The molecule has 7 nitrogen and oxygen atoms in total. The van der Waals surface area contributed by atoms with Crippen LogP contribution in [0.5, 0.6) is 11.5 Å². The largest absolute Gasteiger partial charge is 0.493 e. The molecule has 0 radical (unpaired) electrons. The Morgan fingerprint density at radius 2 is 1.76 bits per heavy atom. The first-order chi connectivity index (χ1) is 14.2. The first kappa shape index (κ1) is 20.4. The van der Waals surface area contributed by atoms with Crippen molar-refractivity contribution in [3.63, 3.8) is 0 Å². The fourth-order valence-corrected chi connectivity index (χ4v) is 3.01. The molecule has 1 aromatic heterocycles. The molecule has 0 spiro atoms. The summed E-state index contributed by atoms with van der Waals surface area (Å²) in [6.07, 6.45) is 2.47. The predicted molar refractivity (Wildman–Crippen MR) is 115 cm³/mol. The zero-order valence-electron chi connectivity index (χ0n) is 17.1. The molecular formula is C22H27N5O2. The summed E-state index contributed by atoms with van der Waals surface area (Å²) in [6.45, 7) is 4.35. The molecule has 0 saturated carbocycles. The van der Waals surface area contributed by atoms with Crippen LogP contribution in [-0.2, 0) is 13.0 Å². The first-order valence-corrected chi connectivity index (χ1v) is 9.66. The Morgan fingerprint density at radius 3 is 2.48 bits per heavy atom. The molecule has 7 heteroatoms. The molecule has 2 aromatic carbocycles. The highest BCUT2D eigenvalue weighted by Gasteiger charge is 2.10. The van der Waals surface area contributed by atoms with E-state index in [-0.39, 0.29) is 0 Å². The molecular weight excluding hydrogens is 366 g/mol. The normalized spacial score (nSPS) is 10.4. The third-order valence-electron chi connectivity index (χ3n) is 4.60. The number of anilines is 2. The number of aromatic nitrogens is 3. The highest BCUT2D eigenvalue weighted by atomic mass is 16.5. The quantitative estimate of drug-likeness (QED) is 0.564. The highest BCUT2D eigenvalue weighted by molar-refractivity contribution is 5.44. The zero-order valence-corrected chi connectivity index (χ0v) is 17.1. The molecule has 29 heavy (non-hydrogen) atoms. The van der Waals surface area contributed by atoms with Crippen LogP contribution in [0.3, 0.4) is 0 Å². The van der Waals surface area contributed by atoms with Crippen molar-refractivity contribution < 1.29 is 9.47 Å². The third kappa shape index (κ3) is 5.57. The van der Waals surface area contributed by atoms with Crippen molar-refractivity contribution >= 4 is 11.8 Å². The second kappa shape index (κ2) is 10.3. The summed E-state index contributed by atoms with van der Waals surface area (Å²) in [6, 6.07) is 16.2. The minimum atomic E-state index is 0.618. The number of nitrogens with zero attached hydrogens (tertiary/aromatic N) is 4. The lowest BCUT2D eigenvalue weighted by Crippen LogP contribution is -2.25. The molecule has 152 valence electrons. The lowest BCUT2D eigenvalue weighted by Gasteiger charge is -2.20. The first-order valence-electron chi connectivity index (χ1n) is 9.66. The van der Waals surface area contributed by atoms with Crippen molar-refractivity contribution in [1.29, 1.82) is 0 Å². The van der Waals surface area contributed by atoms with Gasteiger partial charge in [0, 0.05) is 19.6 Å². The van der Waals surface area contributed by atoms with Gasteiger partial charge >= 0.3 is 0 Å². The Kier molecular flexibility index (Phi) is 7.22. The fourth-order valence-electron chi connectivity index (χ4n) is 3.01. The maximum Gasteiger partial charge on any atom is 0.247 e. The molecule has 0 saturated heterocycles. The smallest absolute Gasteiger partial charge is 0.247 e. The SMILES string of the molecule is CCN(Cc1ccccc1)c1nncc(NCCc2ccc(OC)c(OC)c2)n1. The number of hydrogen-bond acceptors (Lipinski definition) is 7. The summed E-state index contributed by atoms with van der Waals surface area (Å²) in [5, 5.41) is 11.7. The Bertz CT molecular complexity index is 905. The molecule has 3 rings (SSSR count). The average Bonchev–Trinajstić information content (AvgIpc) is 2.78. The molecule has 0 aliphatic heterocycles. The van der Waals surface area contributed by atoms with Crippen molar-refractivity contribution in [3.8, 4) is 11.5 Å². The van der Waals surface area contributed by atoms with Crippen LogP contribution < -0.4 is 19.7 Å². The van der Waals surface area contributed by atoms with Crippen LogP contribution in [0.15, 0.2) is 54.7 Å². The molecule has 0 amide bonds. The maximum absolute atomic E-state index is 5.36. The van der Waals surface area contributed by atoms with Gasteiger partial charge in [-0.2, -0.15) is 10.1 Å². The molecule has 0 fully saturated rings. The van der Waals surface area contributed by atoms with Crippen molar-refractivity contribution in [3.05, 3.63) is 65.9 Å². The van der Waals surface area contributed by atoms with E-state index >= 15 is 0 Å². The van der Waals surface area contributed by atoms with Gasteiger partial charge in [0.25, 0.3) is 0 Å². The second-order valence-corrected chi connectivity index (χ2v) is 6.51. The van der Waals surface area contributed by atoms with Crippen LogP contribution in [0.2, 0.25) is 0 Å². The van der Waals surface area contributed by atoms with E-state index in [2.05, 4.69) is 44.5 Å². The van der Waals surface area contributed by atoms with E-state index in [1.54, 1.807) is 20.4 Å². The van der Waals surface area contributed by atoms with Gasteiger partial charge in [-0.15, -0.1) is 5.10 Å². The van der Waals surface area contributed by atoms with E-state index in [1.807, 2.05) is 36.4 Å². The lowest BCUT2D eigenvalue weighted by molar-refractivity contribution is 0.354. The summed E-state index contributed by atoms with van der Waals surface area (Å²) < 4.78 is 10.6. The molecule has 0 aliphatic rings. The summed E-state index contributed by atoms with van der Waals surface area (Å²) in [7, 11) is 3.28. The van der Waals surface area contributed by atoms with Gasteiger partial charge in [0.05, 0.1) is 20.4 Å². The lowest BCUT2D eigenvalue weighted by atomic mass is 10.1. The van der Waals surface area contributed by atoms with Gasteiger partial charge in [-0.05, 0) is 36.6 Å². The second-order valence-electron chi connectivity index (χ2n) is 6.51. The molecule has 1 N–H and O–H groups in total. The number of benzene rings is 2. The Morgan fingerprint density at radius 1 is 0.966 bits per heavy atom. The minimum Gasteiger partial charge on any atom is -0.493 e. The van der Waals surface area contributed by atoms with Crippen LogP contribution in [0, 0.1) is 0 Å². The van der Waals surface area contributed by atoms with Crippen molar-refractivity contribution in [2.24, 2.45) is 0 Å². The topological polar surface area (TPSA) is 72.4 Å². The third-order valence-corrected chi connectivity index (χ3v) is 4.60. The van der Waals surface area contributed by atoms with E-state index in [9.17, 15) is 0 Å². The predicted octanol–water partition coefficient (Wildman–Crippen LogP) is 3.57. The van der Waals surface area contributed by atoms with Gasteiger partial charge in [-0.3, -0.25) is 0 Å². The van der Waals surface area contributed by atoms with E-state index in [0.29, 0.717) is 11.8 Å². The number of nitrogens with one attached hydrogen (secondary N) is 1. The monoisotopic (exact) mass is 393 g/mol. The van der Waals surface area contributed by atoms with Crippen LogP contribution in [0.25, 0.3) is 0 Å². The van der Waals surface area contributed by atoms with E-state index in [4.69, 9.17) is 9.47 Å². The van der Waals surface area contributed by atoms with E-state index in [0.717, 1.165) is 43.1 Å². The molecule has 1 heterocycles. The minimum absolute atomic E-state index is 0.618. The van der Waals surface area contributed by atoms with Crippen LogP contribution in [0.1, 0.15) is 18.1 Å². The number of methoxy groups -OCH3 is 2.